The van der Waals surface area contributed by atoms with E-state index in [-0.39, 0.29) is 0 Å². The van der Waals surface area contributed by atoms with Crippen LogP contribution in [-0.2, 0) is 10.1 Å². The third-order valence-electron chi connectivity index (χ3n) is 2.17. The predicted octanol–water partition coefficient (Wildman–Crippen LogP) is 2.45. The lowest BCUT2D eigenvalue weighted by atomic mass is 10.1. The van der Waals surface area contributed by atoms with Gasteiger partial charge >= 0.3 is 0 Å². The van der Waals surface area contributed by atoms with Gasteiger partial charge in [0, 0.05) is 23.6 Å². The smallest absolute Gasteiger partial charge is 0.0934 e. The minimum absolute atomic E-state index is 0.495. The van der Waals surface area contributed by atoms with Crippen LogP contribution in [0.4, 0.5) is 5.69 Å². The fourth-order valence-corrected chi connectivity index (χ4v) is 1.86. The molecule has 0 bridgehead atoms. The summed E-state index contributed by atoms with van der Waals surface area (Å²) in [6.07, 6.45) is 1.71. The zero-order valence-corrected chi connectivity index (χ0v) is 8.70. The summed E-state index contributed by atoms with van der Waals surface area (Å²) in [5.74, 6) is 0.495. The fourth-order valence-electron chi connectivity index (χ4n) is 1.43. The molecule has 0 radical (unpaired) electrons. The van der Waals surface area contributed by atoms with Crippen LogP contribution in [0.1, 0.15) is 5.56 Å². The van der Waals surface area contributed by atoms with E-state index in [1.807, 2.05) is 24.3 Å². The van der Waals surface area contributed by atoms with E-state index in [0.29, 0.717) is 11.4 Å². The number of pyridine rings is 1. The topological polar surface area (TPSA) is 68.4 Å². The standard InChI is InChI=1S/C10H10N2O2S/c11-9-8(6-15-14-13)4-3-7-2-1-5-12-10(7)9/h1-5,13H,6,11H2. The molecule has 2 aromatic rings. The van der Waals surface area contributed by atoms with Gasteiger partial charge in [-0.1, -0.05) is 18.2 Å². The number of aromatic nitrogens is 1. The SMILES string of the molecule is Nc1c(CSOO)ccc2cccnc12. The quantitative estimate of drug-likeness (QED) is 0.361. The van der Waals surface area contributed by atoms with Gasteiger partial charge in [0.25, 0.3) is 0 Å². The molecule has 78 valence electrons. The maximum atomic E-state index is 8.24. The molecular weight excluding hydrogens is 212 g/mol. The third-order valence-corrected chi connectivity index (χ3v) is 2.71. The maximum Gasteiger partial charge on any atom is 0.0934 e. The summed E-state index contributed by atoms with van der Waals surface area (Å²) < 4.78 is 3.95. The number of hydrogen-bond donors (Lipinski definition) is 2. The van der Waals surface area contributed by atoms with E-state index in [2.05, 4.69) is 9.32 Å². The fraction of sp³-hybridized carbons (Fsp3) is 0.100. The van der Waals surface area contributed by atoms with E-state index in [4.69, 9.17) is 11.0 Å². The first-order chi connectivity index (χ1) is 7.33. The molecule has 5 heteroatoms. The van der Waals surface area contributed by atoms with Gasteiger partial charge in [0.05, 0.1) is 17.0 Å². The van der Waals surface area contributed by atoms with Gasteiger partial charge in [-0.15, -0.1) is 0 Å². The Bertz CT molecular complexity index is 476. The van der Waals surface area contributed by atoms with Gasteiger partial charge in [-0.3, -0.25) is 4.98 Å². The van der Waals surface area contributed by atoms with Gasteiger partial charge in [0.15, 0.2) is 0 Å². The Balaban J connectivity index is 2.45. The van der Waals surface area contributed by atoms with E-state index in [0.717, 1.165) is 28.5 Å². The summed E-state index contributed by atoms with van der Waals surface area (Å²) >= 11 is 0.932. The molecule has 0 atom stereocenters. The molecule has 0 saturated heterocycles. The summed E-state index contributed by atoms with van der Waals surface area (Å²) in [7, 11) is 0. The number of anilines is 1. The summed E-state index contributed by atoms with van der Waals surface area (Å²) in [6.45, 7) is 0. The first-order valence-electron chi connectivity index (χ1n) is 4.38. The molecule has 1 aromatic heterocycles. The molecule has 15 heavy (non-hydrogen) atoms. The molecular formula is C10H10N2O2S. The van der Waals surface area contributed by atoms with Gasteiger partial charge in [0.1, 0.15) is 0 Å². The Labute approximate surface area is 91.2 Å². The van der Waals surface area contributed by atoms with Gasteiger partial charge in [-0.2, -0.15) is 4.33 Å². The minimum Gasteiger partial charge on any atom is -0.397 e. The lowest BCUT2D eigenvalue weighted by Crippen LogP contribution is -1.95. The molecule has 2 rings (SSSR count). The summed E-state index contributed by atoms with van der Waals surface area (Å²) in [6, 6.07) is 7.68. The molecule has 0 unspecified atom stereocenters. The van der Waals surface area contributed by atoms with Crippen molar-refractivity contribution in [2.24, 2.45) is 0 Å². The molecule has 0 aliphatic heterocycles. The van der Waals surface area contributed by atoms with Crippen molar-refractivity contribution >= 4 is 28.6 Å². The van der Waals surface area contributed by atoms with Crippen LogP contribution in [-0.4, -0.2) is 10.2 Å². The Hall–Kier alpha value is -1.30. The second-order valence-corrected chi connectivity index (χ2v) is 3.72. The second kappa shape index (κ2) is 4.48. The van der Waals surface area contributed by atoms with Crippen LogP contribution < -0.4 is 5.73 Å². The van der Waals surface area contributed by atoms with E-state index >= 15 is 0 Å². The molecule has 3 N–H and O–H groups in total. The first-order valence-corrected chi connectivity index (χ1v) is 5.29. The average Bonchev–Trinajstić information content (AvgIpc) is 2.29. The van der Waals surface area contributed by atoms with Crippen molar-refractivity contribution in [3.63, 3.8) is 0 Å². The van der Waals surface area contributed by atoms with Gasteiger partial charge in [-0.25, -0.2) is 5.26 Å². The van der Waals surface area contributed by atoms with Gasteiger partial charge < -0.3 is 5.73 Å². The molecule has 0 aliphatic carbocycles. The molecule has 0 saturated carbocycles. The third kappa shape index (κ3) is 2.04. The number of nitrogens with zero attached hydrogens (tertiary/aromatic N) is 1. The minimum atomic E-state index is 0.495. The number of nitrogens with two attached hydrogens (primary N) is 1. The average molecular weight is 222 g/mol. The molecule has 0 spiro atoms. The van der Waals surface area contributed by atoms with Gasteiger partial charge in [0.2, 0.25) is 0 Å². The predicted molar refractivity (Wildman–Crippen MR) is 61.2 cm³/mol. The highest BCUT2D eigenvalue weighted by atomic mass is 32.2. The van der Waals surface area contributed by atoms with E-state index in [1.165, 1.54) is 0 Å². The zero-order chi connectivity index (χ0) is 10.7. The van der Waals surface area contributed by atoms with Gasteiger partial charge in [-0.05, 0) is 11.6 Å². The van der Waals surface area contributed by atoms with Crippen molar-refractivity contribution in [2.45, 2.75) is 5.75 Å². The Kier molecular flexibility index (Phi) is 3.05. The number of benzene rings is 1. The summed E-state index contributed by atoms with van der Waals surface area (Å²) in [5.41, 5.74) is 8.27. The summed E-state index contributed by atoms with van der Waals surface area (Å²) in [5, 5.41) is 9.25. The molecule has 4 nitrogen and oxygen atoms in total. The van der Waals surface area contributed by atoms with Crippen molar-refractivity contribution in [1.82, 2.24) is 4.98 Å². The number of fused-ring (bicyclic) bond motifs is 1. The van der Waals surface area contributed by atoms with Crippen LogP contribution in [0.5, 0.6) is 0 Å². The Morgan fingerprint density at radius 1 is 1.40 bits per heavy atom. The van der Waals surface area contributed by atoms with Crippen LogP contribution in [0, 0.1) is 0 Å². The Morgan fingerprint density at radius 2 is 2.27 bits per heavy atom. The number of rotatable bonds is 3. The maximum absolute atomic E-state index is 8.24. The van der Waals surface area contributed by atoms with Crippen molar-refractivity contribution in [1.29, 1.82) is 0 Å². The van der Waals surface area contributed by atoms with Crippen molar-refractivity contribution in [2.75, 3.05) is 5.73 Å². The largest absolute Gasteiger partial charge is 0.397 e. The van der Waals surface area contributed by atoms with Crippen LogP contribution in [0.2, 0.25) is 0 Å². The lowest BCUT2D eigenvalue weighted by molar-refractivity contribution is -0.116. The summed E-state index contributed by atoms with van der Waals surface area (Å²) in [4.78, 5) is 4.21. The molecule has 0 amide bonds. The lowest BCUT2D eigenvalue weighted by Gasteiger charge is -2.06. The highest BCUT2D eigenvalue weighted by Gasteiger charge is 2.05. The second-order valence-electron chi connectivity index (χ2n) is 3.05. The van der Waals surface area contributed by atoms with E-state index in [9.17, 15) is 0 Å². The monoisotopic (exact) mass is 222 g/mol. The highest BCUT2D eigenvalue weighted by Crippen LogP contribution is 2.25. The van der Waals surface area contributed by atoms with Crippen LogP contribution >= 0.6 is 12.0 Å². The number of nitrogen functional groups attached to an aromatic ring is 1. The number of hydrogen-bond acceptors (Lipinski definition) is 5. The molecule has 0 fully saturated rings. The molecule has 1 aromatic carbocycles. The normalized spacial score (nSPS) is 10.7. The van der Waals surface area contributed by atoms with Crippen LogP contribution in [0.25, 0.3) is 10.9 Å². The van der Waals surface area contributed by atoms with Crippen molar-refractivity contribution < 1.29 is 9.59 Å². The highest BCUT2D eigenvalue weighted by molar-refractivity contribution is 7.93. The van der Waals surface area contributed by atoms with E-state index in [1.54, 1.807) is 6.20 Å². The molecule has 1 heterocycles. The van der Waals surface area contributed by atoms with Crippen LogP contribution in [0.3, 0.4) is 0 Å². The van der Waals surface area contributed by atoms with Crippen molar-refractivity contribution in [3.8, 4) is 0 Å². The van der Waals surface area contributed by atoms with Crippen LogP contribution in [0.15, 0.2) is 30.5 Å². The zero-order valence-electron chi connectivity index (χ0n) is 7.88. The van der Waals surface area contributed by atoms with Crippen molar-refractivity contribution in [3.05, 3.63) is 36.0 Å². The van der Waals surface area contributed by atoms with E-state index < -0.39 is 0 Å². The first kappa shape index (κ1) is 10.2. The molecule has 0 aliphatic rings. The Morgan fingerprint density at radius 3 is 3.07 bits per heavy atom.